The van der Waals surface area contributed by atoms with Crippen LogP contribution in [0.2, 0.25) is 0 Å². The third kappa shape index (κ3) is 6.58. The first-order valence-corrected chi connectivity index (χ1v) is 8.68. The SMILES string of the molecule is CC(C)Oc1ccc(C(=O)NCC(=O)OCc2ccc(Br)cc2)cc1. The fourth-order valence-corrected chi connectivity index (χ4v) is 2.27. The highest BCUT2D eigenvalue weighted by atomic mass is 79.9. The van der Waals surface area contributed by atoms with Crippen LogP contribution in [0.5, 0.6) is 5.75 Å². The van der Waals surface area contributed by atoms with Gasteiger partial charge in [-0.3, -0.25) is 9.59 Å². The number of benzene rings is 2. The lowest BCUT2D eigenvalue weighted by Gasteiger charge is -2.10. The molecule has 0 aliphatic carbocycles. The van der Waals surface area contributed by atoms with Gasteiger partial charge < -0.3 is 14.8 Å². The van der Waals surface area contributed by atoms with Gasteiger partial charge in [0.2, 0.25) is 0 Å². The second-order valence-electron chi connectivity index (χ2n) is 5.66. The Labute approximate surface area is 155 Å². The van der Waals surface area contributed by atoms with Crippen LogP contribution in [-0.2, 0) is 16.1 Å². The summed E-state index contributed by atoms with van der Waals surface area (Å²) in [6.45, 7) is 3.85. The van der Waals surface area contributed by atoms with Gasteiger partial charge in [-0.2, -0.15) is 0 Å². The van der Waals surface area contributed by atoms with E-state index in [-0.39, 0.29) is 25.2 Å². The molecule has 0 bridgehead atoms. The van der Waals surface area contributed by atoms with E-state index >= 15 is 0 Å². The predicted molar refractivity (Wildman–Crippen MR) is 98.5 cm³/mol. The topological polar surface area (TPSA) is 64.6 Å². The maximum absolute atomic E-state index is 12.0. The Morgan fingerprint density at radius 3 is 2.28 bits per heavy atom. The van der Waals surface area contributed by atoms with E-state index in [0.717, 1.165) is 10.0 Å². The molecule has 6 heteroatoms. The fourth-order valence-electron chi connectivity index (χ4n) is 2.01. The number of hydrogen-bond acceptors (Lipinski definition) is 4. The molecule has 0 atom stereocenters. The zero-order chi connectivity index (χ0) is 18.2. The molecule has 0 aliphatic heterocycles. The lowest BCUT2D eigenvalue weighted by atomic mass is 10.2. The highest BCUT2D eigenvalue weighted by Gasteiger charge is 2.09. The Morgan fingerprint density at radius 1 is 1.04 bits per heavy atom. The number of halogens is 1. The van der Waals surface area contributed by atoms with Crippen LogP contribution in [0.25, 0.3) is 0 Å². The zero-order valence-corrected chi connectivity index (χ0v) is 15.7. The van der Waals surface area contributed by atoms with E-state index in [1.807, 2.05) is 38.1 Å². The largest absolute Gasteiger partial charge is 0.491 e. The molecule has 132 valence electrons. The van der Waals surface area contributed by atoms with Crippen LogP contribution in [0, 0.1) is 0 Å². The minimum absolute atomic E-state index is 0.0696. The molecule has 0 aliphatic rings. The van der Waals surface area contributed by atoms with Crippen molar-refractivity contribution in [3.8, 4) is 5.75 Å². The molecule has 0 spiro atoms. The minimum Gasteiger partial charge on any atom is -0.491 e. The molecule has 0 aromatic heterocycles. The first-order chi connectivity index (χ1) is 11.9. The number of carbonyl (C=O) groups excluding carboxylic acids is 2. The molecule has 5 nitrogen and oxygen atoms in total. The lowest BCUT2D eigenvalue weighted by Crippen LogP contribution is -2.30. The van der Waals surface area contributed by atoms with Crippen molar-refractivity contribution in [1.82, 2.24) is 5.32 Å². The second kappa shape index (κ2) is 9.22. The van der Waals surface area contributed by atoms with Crippen LogP contribution in [0.4, 0.5) is 0 Å². The summed E-state index contributed by atoms with van der Waals surface area (Å²) in [4.78, 5) is 23.8. The molecule has 0 unspecified atom stereocenters. The molecule has 1 amide bonds. The van der Waals surface area contributed by atoms with Crippen LogP contribution in [0.1, 0.15) is 29.8 Å². The van der Waals surface area contributed by atoms with Gasteiger partial charge in [0.1, 0.15) is 18.9 Å². The molecule has 0 heterocycles. The summed E-state index contributed by atoms with van der Waals surface area (Å²) in [5.41, 5.74) is 1.33. The van der Waals surface area contributed by atoms with E-state index in [1.54, 1.807) is 24.3 Å². The zero-order valence-electron chi connectivity index (χ0n) is 14.1. The molecular formula is C19H20BrNO4. The van der Waals surface area contributed by atoms with Crippen molar-refractivity contribution in [2.45, 2.75) is 26.6 Å². The van der Waals surface area contributed by atoms with Gasteiger partial charge in [-0.25, -0.2) is 0 Å². The Kier molecular flexibility index (Phi) is 7.01. The van der Waals surface area contributed by atoms with Crippen molar-refractivity contribution < 1.29 is 19.1 Å². The van der Waals surface area contributed by atoms with E-state index in [0.29, 0.717) is 11.3 Å². The van der Waals surface area contributed by atoms with Crippen LogP contribution in [0.3, 0.4) is 0 Å². The van der Waals surface area contributed by atoms with Gasteiger partial charge in [0.05, 0.1) is 6.10 Å². The molecule has 1 N–H and O–H groups in total. The quantitative estimate of drug-likeness (QED) is 0.713. The molecule has 2 aromatic rings. The summed E-state index contributed by atoms with van der Waals surface area (Å²) < 4.78 is 11.6. The van der Waals surface area contributed by atoms with Gasteiger partial charge in [0, 0.05) is 10.0 Å². The molecule has 25 heavy (non-hydrogen) atoms. The number of ether oxygens (including phenoxy) is 2. The number of esters is 1. The normalized spacial score (nSPS) is 10.4. The van der Waals surface area contributed by atoms with Gasteiger partial charge in [0.15, 0.2) is 0 Å². The Bertz CT molecular complexity index is 711. The van der Waals surface area contributed by atoms with Crippen LogP contribution in [0.15, 0.2) is 53.0 Å². The predicted octanol–water partition coefficient (Wildman–Crippen LogP) is 3.71. The number of rotatable bonds is 7. The van der Waals surface area contributed by atoms with Crippen LogP contribution < -0.4 is 10.1 Å². The van der Waals surface area contributed by atoms with E-state index in [4.69, 9.17) is 9.47 Å². The van der Waals surface area contributed by atoms with Gasteiger partial charge >= 0.3 is 5.97 Å². The summed E-state index contributed by atoms with van der Waals surface area (Å²) in [5, 5.41) is 2.54. The average Bonchev–Trinajstić information content (AvgIpc) is 2.59. The van der Waals surface area contributed by atoms with Crippen LogP contribution in [-0.4, -0.2) is 24.5 Å². The van der Waals surface area contributed by atoms with Gasteiger partial charge in [-0.15, -0.1) is 0 Å². The maximum atomic E-state index is 12.0. The monoisotopic (exact) mass is 405 g/mol. The van der Waals surface area contributed by atoms with Crippen molar-refractivity contribution in [2.75, 3.05) is 6.54 Å². The maximum Gasteiger partial charge on any atom is 0.325 e. The van der Waals surface area contributed by atoms with Crippen molar-refractivity contribution in [3.63, 3.8) is 0 Å². The standard InChI is InChI=1S/C19H20BrNO4/c1-13(2)25-17-9-5-15(6-10-17)19(23)21-11-18(22)24-12-14-3-7-16(20)8-4-14/h3-10,13H,11-12H2,1-2H3,(H,21,23). The number of nitrogens with one attached hydrogen (secondary N) is 1. The Balaban J connectivity index is 1.76. The van der Waals surface area contributed by atoms with E-state index in [9.17, 15) is 9.59 Å². The summed E-state index contributed by atoms with van der Waals surface area (Å²) in [7, 11) is 0. The Morgan fingerprint density at radius 2 is 1.68 bits per heavy atom. The molecule has 0 saturated carbocycles. The molecule has 2 rings (SSSR count). The smallest absolute Gasteiger partial charge is 0.325 e. The summed E-state index contributed by atoms with van der Waals surface area (Å²) in [6.07, 6.45) is 0.0696. The first-order valence-electron chi connectivity index (χ1n) is 7.89. The number of carbonyl (C=O) groups is 2. The molecule has 0 saturated heterocycles. The average molecular weight is 406 g/mol. The highest BCUT2D eigenvalue weighted by Crippen LogP contribution is 2.14. The number of amides is 1. The van der Waals surface area contributed by atoms with Crippen molar-refractivity contribution in [2.24, 2.45) is 0 Å². The van der Waals surface area contributed by atoms with Gasteiger partial charge in [-0.05, 0) is 55.8 Å². The van der Waals surface area contributed by atoms with Crippen molar-refractivity contribution in [3.05, 3.63) is 64.1 Å². The molecule has 0 radical (unpaired) electrons. The highest BCUT2D eigenvalue weighted by molar-refractivity contribution is 9.10. The summed E-state index contributed by atoms with van der Waals surface area (Å²) in [6, 6.07) is 14.2. The third-order valence-corrected chi connectivity index (χ3v) is 3.72. The van der Waals surface area contributed by atoms with Crippen molar-refractivity contribution in [1.29, 1.82) is 0 Å². The first kappa shape index (κ1) is 19.0. The van der Waals surface area contributed by atoms with E-state index < -0.39 is 5.97 Å². The summed E-state index contributed by atoms with van der Waals surface area (Å²) in [5.74, 6) is -0.131. The molecule has 2 aromatic carbocycles. The summed E-state index contributed by atoms with van der Waals surface area (Å²) >= 11 is 3.34. The van der Waals surface area contributed by atoms with Gasteiger partial charge in [0.25, 0.3) is 5.91 Å². The van der Waals surface area contributed by atoms with E-state index in [2.05, 4.69) is 21.2 Å². The lowest BCUT2D eigenvalue weighted by molar-refractivity contribution is -0.143. The molecular weight excluding hydrogens is 386 g/mol. The van der Waals surface area contributed by atoms with Crippen molar-refractivity contribution >= 4 is 27.8 Å². The Hall–Kier alpha value is -2.34. The fraction of sp³-hybridized carbons (Fsp3) is 0.263. The van der Waals surface area contributed by atoms with E-state index in [1.165, 1.54) is 0 Å². The van der Waals surface area contributed by atoms with Gasteiger partial charge in [-0.1, -0.05) is 28.1 Å². The second-order valence-corrected chi connectivity index (χ2v) is 6.58. The third-order valence-electron chi connectivity index (χ3n) is 3.19. The van der Waals surface area contributed by atoms with Crippen LogP contribution >= 0.6 is 15.9 Å². The number of hydrogen-bond donors (Lipinski definition) is 1. The molecule has 0 fully saturated rings. The minimum atomic E-state index is -0.490.